The van der Waals surface area contributed by atoms with Gasteiger partial charge in [0, 0.05) is 12.1 Å². The van der Waals surface area contributed by atoms with E-state index in [9.17, 15) is 4.79 Å². The maximum absolute atomic E-state index is 12.4. The van der Waals surface area contributed by atoms with E-state index in [1.54, 1.807) is 11.3 Å². The van der Waals surface area contributed by atoms with Crippen molar-refractivity contribution in [3.63, 3.8) is 0 Å². The Hall–Kier alpha value is -2.24. The van der Waals surface area contributed by atoms with E-state index in [1.807, 2.05) is 31.2 Å². The van der Waals surface area contributed by atoms with Gasteiger partial charge in [-0.25, -0.2) is 4.98 Å². The molecule has 2 aromatic carbocycles. The van der Waals surface area contributed by atoms with Crippen LogP contribution < -0.4 is 5.32 Å². The quantitative estimate of drug-likeness (QED) is 0.733. The highest BCUT2D eigenvalue weighted by Gasteiger charge is 2.23. The summed E-state index contributed by atoms with van der Waals surface area (Å²) >= 11 is 1.74. The molecule has 1 aromatic heterocycles. The number of likely N-dealkylation sites (tertiary alicyclic amines) is 1. The average molecular weight is 366 g/mol. The molecular formula is C21H23N3OS. The number of nitrogens with zero attached hydrogens (tertiary/aromatic N) is 2. The van der Waals surface area contributed by atoms with E-state index in [-0.39, 0.29) is 11.9 Å². The molecule has 3 aromatic rings. The molecule has 1 N–H and O–H groups in total. The third-order valence-corrected chi connectivity index (χ3v) is 6.02. The van der Waals surface area contributed by atoms with Crippen LogP contribution in [0.5, 0.6) is 0 Å². The number of nitrogens with one attached hydrogen (secondary N) is 1. The lowest BCUT2D eigenvalue weighted by Crippen LogP contribution is -2.40. The van der Waals surface area contributed by atoms with Crippen molar-refractivity contribution in [3.8, 4) is 0 Å². The van der Waals surface area contributed by atoms with Gasteiger partial charge in [-0.1, -0.05) is 24.3 Å². The summed E-state index contributed by atoms with van der Waals surface area (Å²) in [6.07, 6.45) is 3.20. The number of hydrogen-bond acceptors (Lipinski definition) is 4. The minimum atomic E-state index is -0.0695. The van der Waals surface area contributed by atoms with Gasteiger partial charge in [0.2, 0.25) is 5.91 Å². The maximum Gasteiger partial charge on any atom is 0.241 e. The van der Waals surface area contributed by atoms with Gasteiger partial charge in [-0.05, 0) is 62.7 Å². The third kappa shape index (κ3) is 3.79. The number of benzene rings is 2. The van der Waals surface area contributed by atoms with Gasteiger partial charge in [0.15, 0.2) is 0 Å². The molecule has 2 heterocycles. The van der Waals surface area contributed by atoms with Crippen molar-refractivity contribution in [2.75, 3.05) is 18.4 Å². The van der Waals surface area contributed by atoms with Crippen molar-refractivity contribution in [3.05, 3.63) is 59.1 Å². The van der Waals surface area contributed by atoms with E-state index < -0.39 is 0 Å². The number of aromatic nitrogens is 1. The number of rotatable bonds is 5. The number of thiazole rings is 1. The number of amides is 1. The van der Waals surface area contributed by atoms with Crippen molar-refractivity contribution in [1.29, 1.82) is 0 Å². The predicted molar refractivity (Wildman–Crippen MR) is 108 cm³/mol. The standard InChI is InChI=1S/C21H23N3OS/c1-15(24-12-4-5-13-24)21(25)22-17-10-8-16(9-11-17)14-20-23-18-6-2-3-7-19(18)26-20/h2-3,6-11,15H,4-5,12-14H2,1H3,(H,22,25)/t15-/m0/s1. The third-order valence-electron chi connectivity index (χ3n) is 4.98. The van der Waals surface area contributed by atoms with Crippen LogP contribution in [-0.4, -0.2) is 34.9 Å². The number of hydrogen-bond donors (Lipinski definition) is 1. The molecule has 1 amide bonds. The molecule has 0 bridgehead atoms. The molecule has 0 saturated carbocycles. The van der Waals surface area contributed by atoms with Crippen LogP contribution in [-0.2, 0) is 11.2 Å². The van der Waals surface area contributed by atoms with Crippen LogP contribution in [0.4, 0.5) is 5.69 Å². The highest BCUT2D eigenvalue weighted by Crippen LogP contribution is 2.24. The lowest BCUT2D eigenvalue weighted by molar-refractivity contribution is -0.120. The topological polar surface area (TPSA) is 45.2 Å². The van der Waals surface area contributed by atoms with Crippen LogP contribution in [0, 0.1) is 0 Å². The van der Waals surface area contributed by atoms with E-state index in [0.717, 1.165) is 35.7 Å². The largest absolute Gasteiger partial charge is 0.325 e. The molecule has 4 rings (SSSR count). The molecule has 5 heteroatoms. The molecule has 134 valence electrons. The van der Waals surface area contributed by atoms with Crippen LogP contribution in [0.2, 0.25) is 0 Å². The molecule has 0 aliphatic carbocycles. The zero-order valence-electron chi connectivity index (χ0n) is 14.9. The number of carbonyl (C=O) groups excluding carboxylic acids is 1. The molecule has 26 heavy (non-hydrogen) atoms. The fourth-order valence-electron chi connectivity index (χ4n) is 3.42. The number of para-hydroxylation sites is 1. The van der Waals surface area contributed by atoms with Gasteiger partial charge < -0.3 is 5.32 Å². The van der Waals surface area contributed by atoms with Crippen molar-refractivity contribution < 1.29 is 4.79 Å². The normalized spacial score (nSPS) is 16.0. The van der Waals surface area contributed by atoms with Gasteiger partial charge in [-0.15, -0.1) is 11.3 Å². The SMILES string of the molecule is C[C@@H](C(=O)Nc1ccc(Cc2nc3ccccc3s2)cc1)N1CCCC1. The Morgan fingerprint density at radius 1 is 1.15 bits per heavy atom. The van der Waals surface area contributed by atoms with Crippen LogP contribution >= 0.6 is 11.3 Å². The van der Waals surface area contributed by atoms with E-state index >= 15 is 0 Å². The number of fused-ring (bicyclic) bond motifs is 1. The van der Waals surface area contributed by atoms with Crippen LogP contribution in [0.25, 0.3) is 10.2 Å². The first kappa shape index (κ1) is 17.2. The molecule has 0 unspecified atom stereocenters. The molecule has 0 spiro atoms. The van der Waals surface area contributed by atoms with E-state index in [2.05, 4.69) is 39.5 Å². The second kappa shape index (κ2) is 7.56. The van der Waals surface area contributed by atoms with Crippen molar-refractivity contribution >= 4 is 33.1 Å². The molecule has 1 fully saturated rings. The number of carbonyl (C=O) groups is 1. The van der Waals surface area contributed by atoms with Gasteiger partial charge in [-0.3, -0.25) is 9.69 Å². The maximum atomic E-state index is 12.4. The summed E-state index contributed by atoms with van der Waals surface area (Å²) in [4.78, 5) is 19.3. The molecule has 1 aliphatic heterocycles. The smallest absolute Gasteiger partial charge is 0.241 e. The zero-order chi connectivity index (χ0) is 17.9. The summed E-state index contributed by atoms with van der Waals surface area (Å²) in [6.45, 7) is 4.04. The second-order valence-electron chi connectivity index (χ2n) is 6.86. The highest BCUT2D eigenvalue weighted by atomic mass is 32.1. The number of anilines is 1. The van der Waals surface area contributed by atoms with Gasteiger partial charge >= 0.3 is 0 Å². The molecule has 1 atom stereocenters. The molecule has 1 aliphatic rings. The average Bonchev–Trinajstić information content (AvgIpc) is 3.31. The molecule has 0 radical (unpaired) electrons. The Morgan fingerprint density at radius 3 is 2.62 bits per heavy atom. The Kier molecular flexibility index (Phi) is 5.00. The Bertz CT molecular complexity index is 864. The van der Waals surface area contributed by atoms with Crippen LogP contribution in [0.1, 0.15) is 30.3 Å². The van der Waals surface area contributed by atoms with Crippen molar-refractivity contribution in [2.24, 2.45) is 0 Å². The fraction of sp³-hybridized carbons (Fsp3) is 0.333. The first-order valence-electron chi connectivity index (χ1n) is 9.17. The summed E-state index contributed by atoms with van der Waals surface area (Å²) in [7, 11) is 0. The van der Waals surface area contributed by atoms with E-state index in [4.69, 9.17) is 0 Å². The Balaban J connectivity index is 1.39. The monoisotopic (exact) mass is 365 g/mol. The Labute approximate surface area is 157 Å². The Morgan fingerprint density at radius 2 is 1.88 bits per heavy atom. The van der Waals surface area contributed by atoms with E-state index in [1.165, 1.54) is 23.1 Å². The predicted octanol–water partition coefficient (Wildman–Crippen LogP) is 4.31. The first-order valence-corrected chi connectivity index (χ1v) is 9.99. The summed E-state index contributed by atoms with van der Waals surface area (Å²) in [5.74, 6) is 0.0748. The summed E-state index contributed by atoms with van der Waals surface area (Å²) in [5.41, 5.74) is 3.12. The molecule has 4 nitrogen and oxygen atoms in total. The van der Waals surface area contributed by atoms with Gasteiger partial charge in [0.25, 0.3) is 0 Å². The molecule has 1 saturated heterocycles. The zero-order valence-corrected chi connectivity index (χ0v) is 15.8. The summed E-state index contributed by atoms with van der Waals surface area (Å²) in [5, 5.41) is 4.15. The van der Waals surface area contributed by atoms with Crippen LogP contribution in [0.3, 0.4) is 0 Å². The minimum absolute atomic E-state index is 0.0695. The van der Waals surface area contributed by atoms with Gasteiger partial charge in [-0.2, -0.15) is 0 Å². The fourth-order valence-corrected chi connectivity index (χ4v) is 4.42. The lowest BCUT2D eigenvalue weighted by atomic mass is 10.1. The lowest BCUT2D eigenvalue weighted by Gasteiger charge is -2.22. The highest BCUT2D eigenvalue weighted by molar-refractivity contribution is 7.18. The van der Waals surface area contributed by atoms with Gasteiger partial charge in [0.05, 0.1) is 21.3 Å². The minimum Gasteiger partial charge on any atom is -0.325 e. The van der Waals surface area contributed by atoms with E-state index in [0.29, 0.717) is 0 Å². The first-order chi connectivity index (χ1) is 12.7. The summed E-state index contributed by atoms with van der Waals surface area (Å²) in [6, 6.07) is 16.3. The second-order valence-corrected chi connectivity index (χ2v) is 7.97. The van der Waals surface area contributed by atoms with Crippen LogP contribution in [0.15, 0.2) is 48.5 Å². The summed E-state index contributed by atoms with van der Waals surface area (Å²) < 4.78 is 1.22. The van der Waals surface area contributed by atoms with Crippen molar-refractivity contribution in [2.45, 2.75) is 32.2 Å². The van der Waals surface area contributed by atoms with Crippen molar-refractivity contribution in [1.82, 2.24) is 9.88 Å². The molecular weight excluding hydrogens is 342 g/mol. The van der Waals surface area contributed by atoms with Gasteiger partial charge in [0.1, 0.15) is 0 Å².